The van der Waals surface area contributed by atoms with E-state index < -0.39 is 0 Å². The van der Waals surface area contributed by atoms with Crippen LogP contribution in [0, 0.1) is 0 Å². The lowest BCUT2D eigenvalue weighted by atomic mass is 10.0. The Balaban J connectivity index is 1.93. The highest BCUT2D eigenvalue weighted by atomic mass is 16.6. The van der Waals surface area contributed by atoms with Gasteiger partial charge in [0, 0.05) is 25.5 Å². The third-order valence-corrected chi connectivity index (χ3v) is 3.18. The fourth-order valence-electron chi connectivity index (χ4n) is 2.07. The highest BCUT2D eigenvalue weighted by molar-refractivity contribution is 5.75. The molecular formula is C15H20N2O2. The summed E-state index contributed by atoms with van der Waals surface area (Å²) in [6, 6.07) is 3.94. The number of nitrogens with zero attached hydrogens (tertiary/aromatic N) is 2. The van der Waals surface area contributed by atoms with Crippen LogP contribution in [0.5, 0.6) is 0 Å². The van der Waals surface area contributed by atoms with Gasteiger partial charge in [-0.2, -0.15) is 0 Å². The number of unbranched alkanes of at least 4 members (excludes halogenated alkanes) is 1. The molecule has 1 aliphatic rings. The molecule has 4 heteroatoms. The van der Waals surface area contributed by atoms with Crippen LogP contribution in [0.3, 0.4) is 0 Å². The van der Waals surface area contributed by atoms with Gasteiger partial charge in [-0.25, -0.2) is 4.79 Å². The monoisotopic (exact) mass is 260 g/mol. The first-order valence-electron chi connectivity index (χ1n) is 6.82. The maximum absolute atomic E-state index is 11.9. The van der Waals surface area contributed by atoms with Crippen LogP contribution in [0.2, 0.25) is 0 Å². The van der Waals surface area contributed by atoms with Crippen molar-refractivity contribution in [1.82, 2.24) is 9.88 Å². The molecule has 0 bridgehead atoms. The smallest absolute Gasteiger partial charge is 0.410 e. The topological polar surface area (TPSA) is 42.4 Å². The number of carbonyl (C=O) groups is 1. The van der Waals surface area contributed by atoms with Crippen molar-refractivity contribution in [3.63, 3.8) is 0 Å². The third kappa shape index (κ3) is 3.81. The average molecular weight is 260 g/mol. The highest BCUT2D eigenvalue weighted by Crippen LogP contribution is 2.20. The Morgan fingerprint density at radius 1 is 1.42 bits per heavy atom. The Hall–Kier alpha value is -1.84. The lowest BCUT2D eigenvalue weighted by molar-refractivity contribution is 0.105. The maximum Gasteiger partial charge on any atom is 0.410 e. The zero-order chi connectivity index (χ0) is 13.5. The van der Waals surface area contributed by atoms with Gasteiger partial charge in [-0.1, -0.05) is 19.4 Å². The van der Waals surface area contributed by atoms with Gasteiger partial charge in [0.05, 0.1) is 6.61 Å². The van der Waals surface area contributed by atoms with Crippen LogP contribution >= 0.6 is 0 Å². The summed E-state index contributed by atoms with van der Waals surface area (Å²) in [6.45, 7) is 3.95. The van der Waals surface area contributed by atoms with Crippen LogP contribution in [0.15, 0.2) is 30.6 Å². The summed E-state index contributed by atoms with van der Waals surface area (Å²) in [6.07, 6.45) is 8.37. The summed E-state index contributed by atoms with van der Waals surface area (Å²) in [7, 11) is 0. The molecule has 0 fully saturated rings. The molecule has 0 saturated carbocycles. The summed E-state index contributed by atoms with van der Waals surface area (Å²) in [5.41, 5.74) is 2.29. The van der Waals surface area contributed by atoms with E-state index in [-0.39, 0.29) is 6.09 Å². The molecule has 1 amide bonds. The number of hydrogen-bond donors (Lipinski definition) is 0. The largest absolute Gasteiger partial charge is 0.449 e. The van der Waals surface area contributed by atoms with E-state index in [9.17, 15) is 4.79 Å². The van der Waals surface area contributed by atoms with Crippen molar-refractivity contribution < 1.29 is 9.53 Å². The van der Waals surface area contributed by atoms with Crippen molar-refractivity contribution in [2.45, 2.75) is 26.2 Å². The van der Waals surface area contributed by atoms with Gasteiger partial charge in [-0.15, -0.1) is 0 Å². The molecule has 0 unspecified atom stereocenters. The molecule has 4 nitrogen and oxygen atoms in total. The van der Waals surface area contributed by atoms with Gasteiger partial charge in [-0.3, -0.25) is 4.98 Å². The van der Waals surface area contributed by atoms with Gasteiger partial charge in [0.15, 0.2) is 0 Å². The summed E-state index contributed by atoms with van der Waals surface area (Å²) in [5, 5.41) is 0. The SMILES string of the molecule is CCCCOC(=O)N1CCC=C(c2ccncc2)C1. The second-order valence-corrected chi connectivity index (χ2v) is 4.64. The number of amides is 1. The quantitative estimate of drug-likeness (QED) is 0.781. The molecule has 102 valence electrons. The van der Waals surface area contributed by atoms with E-state index in [4.69, 9.17) is 4.74 Å². The Morgan fingerprint density at radius 2 is 2.21 bits per heavy atom. The molecule has 1 aromatic rings. The Labute approximate surface area is 114 Å². The Bertz CT molecular complexity index is 443. The van der Waals surface area contributed by atoms with Gasteiger partial charge < -0.3 is 9.64 Å². The second kappa shape index (κ2) is 6.92. The van der Waals surface area contributed by atoms with E-state index >= 15 is 0 Å². The third-order valence-electron chi connectivity index (χ3n) is 3.18. The van der Waals surface area contributed by atoms with Crippen LogP contribution in [0.25, 0.3) is 5.57 Å². The van der Waals surface area contributed by atoms with E-state index in [2.05, 4.69) is 18.0 Å². The molecule has 2 rings (SSSR count). The molecule has 1 aromatic heterocycles. The minimum atomic E-state index is -0.201. The van der Waals surface area contributed by atoms with Gasteiger partial charge >= 0.3 is 6.09 Å². The number of hydrogen-bond acceptors (Lipinski definition) is 3. The number of rotatable bonds is 4. The van der Waals surface area contributed by atoms with Crippen molar-refractivity contribution in [3.8, 4) is 0 Å². The number of pyridine rings is 1. The van der Waals surface area contributed by atoms with Crippen LogP contribution in [0.4, 0.5) is 4.79 Å². The van der Waals surface area contributed by atoms with Crippen molar-refractivity contribution >= 4 is 11.7 Å². The Morgan fingerprint density at radius 3 is 2.95 bits per heavy atom. The number of aromatic nitrogens is 1. The summed E-state index contributed by atoms with van der Waals surface area (Å²) >= 11 is 0. The standard InChI is InChI=1S/C15H20N2O2/c1-2-3-11-19-15(18)17-10-4-5-14(12-17)13-6-8-16-9-7-13/h5-9H,2-4,10-12H2,1H3. The lowest BCUT2D eigenvalue weighted by Crippen LogP contribution is -2.36. The van der Waals surface area contributed by atoms with Gasteiger partial charge in [0.2, 0.25) is 0 Å². The molecule has 0 radical (unpaired) electrons. The minimum Gasteiger partial charge on any atom is -0.449 e. The molecule has 0 aliphatic carbocycles. The Kier molecular flexibility index (Phi) is 4.95. The van der Waals surface area contributed by atoms with E-state index in [0.29, 0.717) is 13.2 Å². The fraction of sp³-hybridized carbons (Fsp3) is 0.467. The highest BCUT2D eigenvalue weighted by Gasteiger charge is 2.19. The first-order chi connectivity index (χ1) is 9.31. The molecular weight excluding hydrogens is 240 g/mol. The predicted molar refractivity (Wildman–Crippen MR) is 74.7 cm³/mol. The van der Waals surface area contributed by atoms with Crippen molar-refractivity contribution in [3.05, 3.63) is 36.2 Å². The van der Waals surface area contributed by atoms with Gasteiger partial charge in [0.25, 0.3) is 0 Å². The van der Waals surface area contributed by atoms with E-state index in [0.717, 1.165) is 31.4 Å². The predicted octanol–water partition coefficient (Wildman–Crippen LogP) is 3.11. The van der Waals surface area contributed by atoms with Crippen molar-refractivity contribution in [1.29, 1.82) is 0 Å². The van der Waals surface area contributed by atoms with Gasteiger partial charge in [0.1, 0.15) is 0 Å². The molecule has 0 spiro atoms. The van der Waals surface area contributed by atoms with E-state index in [1.165, 1.54) is 5.57 Å². The van der Waals surface area contributed by atoms with E-state index in [1.807, 2.05) is 12.1 Å². The normalized spacial score (nSPS) is 15.0. The molecule has 1 aliphatic heterocycles. The van der Waals surface area contributed by atoms with Crippen LogP contribution in [-0.2, 0) is 4.74 Å². The van der Waals surface area contributed by atoms with Crippen LogP contribution in [-0.4, -0.2) is 35.7 Å². The first kappa shape index (κ1) is 13.6. The summed E-state index contributed by atoms with van der Waals surface area (Å²) < 4.78 is 5.25. The number of carbonyl (C=O) groups excluding carboxylic acids is 1. The molecule has 0 N–H and O–H groups in total. The average Bonchev–Trinajstić information content (AvgIpc) is 2.48. The summed E-state index contributed by atoms with van der Waals surface area (Å²) in [4.78, 5) is 17.7. The minimum absolute atomic E-state index is 0.201. The number of ether oxygens (including phenoxy) is 1. The fourth-order valence-corrected chi connectivity index (χ4v) is 2.07. The van der Waals surface area contributed by atoms with Crippen molar-refractivity contribution in [2.75, 3.05) is 19.7 Å². The first-order valence-corrected chi connectivity index (χ1v) is 6.82. The molecule has 0 saturated heterocycles. The zero-order valence-electron chi connectivity index (χ0n) is 11.3. The van der Waals surface area contributed by atoms with Crippen molar-refractivity contribution in [2.24, 2.45) is 0 Å². The maximum atomic E-state index is 11.9. The molecule has 0 atom stereocenters. The molecule has 19 heavy (non-hydrogen) atoms. The van der Waals surface area contributed by atoms with Gasteiger partial charge in [-0.05, 0) is 36.1 Å². The van der Waals surface area contributed by atoms with E-state index in [1.54, 1.807) is 17.3 Å². The second-order valence-electron chi connectivity index (χ2n) is 4.64. The van der Waals surface area contributed by atoms with Crippen LogP contribution in [0.1, 0.15) is 31.7 Å². The molecule has 0 aromatic carbocycles. The summed E-state index contributed by atoms with van der Waals surface area (Å²) in [5.74, 6) is 0. The van der Waals surface area contributed by atoms with Crippen LogP contribution < -0.4 is 0 Å². The molecule has 2 heterocycles. The zero-order valence-corrected chi connectivity index (χ0v) is 11.3. The lowest BCUT2D eigenvalue weighted by Gasteiger charge is -2.26.